The van der Waals surface area contributed by atoms with Crippen LogP contribution >= 0.6 is 0 Å². The van der Waals surface area contributed by atoms with Crippen LogP contribution in [-0.2, 0) is 25.7 Å². The highest BCUT2D eigenvalue weighted by Crippen LogP contribution is 2.58. The van der Waals surface area contributed by atoms with Gasteiger partial charge in [0, 0.05) is 12.3 Å². The van der Waals surface area contributed by atoms with E-state index in [4.69, 9.17) is 9.47 Å². The Morgan fingerprint density at radius 3 is 2.92 bits per heavy atom. The van der Waals surface area contributed by atoms with E-state index in [1.165, 1.54) is 0 Å². The Morgan fingerprint density at radius 2 is 2.12 bits per heavy atom. The van der Waals surface area contributed by atoms with Gasteiger partial charge in [0.1, 0.15) is 12.7 Å². The molecular formula is C21H26O4. The second kappa shape index (κ2) is 6.47. The Labute approximate surface area is 148 Å². The number of carbonyl (C=O) groups is 2. The van der Waals surface area contributed by atoms with Gasteiger partial charge in [0.15, 0.2) is 0 Å². The third-order valence-electron chi connectivity index (χ3n) is 6.42. The van der Waals surface area contributed by atoms with Gasteiger partial charge < -0.3 is 9.47 Å². The van der Waals surface area contributed by atoms with Crippen LogP contribution in [0.15, 0.2) is 30.3 Å². The average molecular weight is 342 g/mol. The summed E-state index contributed by atoms with van der Waals surface area (Å²) in [7, 11) is 0. The Bertz CT molecular complexity index is 655. The molecule has 3 fully saturated rings. The van der Waals surface area contributed by atoms with Crippen LogP contribution in [0.5, 0.6) is 0 Å². The van der Waals surface area contributed by atoms with Gasteiger partial charge in [-0.15, -0.1) is 0 Å². The molecule has 1 aromatic carbocycles. The summed E-state index contributed by atoms with van der Waals surface area (Å²) in [5, 5.41) is 0. The van der Waals surface area contributed by atoms with E-state index in [2.05, 4.69) is 6.92 Å². The van der Waals surface area contributed by atoms with Gasteiger partial charge in [-0.3, -0.25) is 9.59 Å². The molecule has 0 radical (unpaired) electrons. The molecule has 4 nitrogen and oxygen atoms in total. The third-order valence-corrected chi connectivity index (χ3v) is 6.42. The van der Waals surface area contributed by atoms with Gasteiger partial charge in [-0.1, -0.05) is 43.7 Å². The molecule has 1 saturated heterocycles. The minimum atomic E-state index is -0.471. The monoisotopic (exact) mass is 342 g/mol. The van der Waals surface area contributed by atoms with Crippen LogP contribution in [0.3, 0.4) is 0 Å². The van der Waals surface area contributed by atoms with E-state index < -0.39 is 5.41 Å². The fourth-order valence-corrected chi connectivity index (χ4v) is 5.59. The van der Waals surface area contributed by atoms with Crippen molar-refractivity contribution in [1.82, 2.24) is 0 Å². The molecule has 1 aromatic rings. The second-order valence-electron chi connectivity index (χ2n) is 8.17. The summed E-state index contributed by atoms with van der Waals surface area (Å²) in [6.07, 6.45) is 4.96. The van der Waals surface area contributed by atoms with Crippen molar-refractivity contribution in [2.24, 2.45) is 23.2 Å². The van der Waals surface area contributed by atoms with Crippen molar-refractivity contribution in [3.63, 3.8) is 0 Å². The number of benzene rings is 1. The predicted octanol–water partition coefficient (Wildman–Crippen LogP) is 3.88. The topological polar surface area (TPSA) is 52.6 Å². The molecule has 2 aliphatic carbocycles. The molecule has 0 bridgehead atoms. The van der Waals surface area contributed by atoms with Crippen molar-refractivity contribution in [2.45, 2.75) is 58.2 Å². The van der Waals surface area contributed by atoms with Crippen molar-refractivity contribution < 1.29 is 19.1 Å². The number of hydrogen-bond acceptors (Lipinski definition) is 4. The molecule has 4 heteroatoms. The lowest BCUT2D eigenvalue weighted by Gasteiger charge is -2.55. The molecule has 25 heavy (non-hydrogen) atoms. The molecule has 1 heterocycles. The summed E-state index contributed by atoms with van der Waals surface area (Å²) in [6, 6.07) is 9.82. The lowest BCUT2D eigenvalue weighted by Crippen LogP contribution is -2.58. The fraction of sp³-hybridized carbons (Fsp3) is 0.619. The summed E-state index contributed by atoms with van der Waals surface area (Å²) >= 11 is 0. The highest BCUT2D eigenvalue weighted by atomic mass is 16.5. The van der Waals surface area contributed by atoms with E-state index in [1.54, 1.807) is 0 Å². The molecule has 0 aromatic heterocycles. The Kier molecular flexibility index (Phi) is 4.30. The molecule has 0 amide bonds. The summed E-state index contributed by atoms with van der Waals surface area (Å²) in [5.74, 6) is 0.611. The first-order valence-corrected chi connectivity index (χ1v) is 9.49. The van der Waals surface area contributed by atoms with Gasteiger partial charge in [0.25, 0.3) is 0 Å². The van der Waals surface area contributed by atoms with Gasteiger partial charge in [-0.05, 0) is 43.1 Å². The standard InChI is InChI=1S/C21H26O4/c1-14-10-17-19-16(11-18(22)25-17)8-5-9-21(19,12-14)20(23)24-13-15-6-3-2-4-7-15/h2-4,6-7,14,16-17,19H,5,8-13H2,1H3/t14?,16?,17-,19?,21?/m0/s1. The Balaban J connectivity index is 1.58. The maximum atomic E-state index is 13.2. The molecule has 5 atom stereocenters. The summed E-state index contributed by atoms with van der Waals surface area (Å²) < 4.78 is 11.5. The van der Waals surface area contributed by atoms with Gasteiger partial charge >= 0.3 is 11.9 Å². The molecule has 3 aliphatic rings. The zero-order valence-electron chi connectivity index (χ0n) is 14.8. The lowest BCUT2D eigenvalue weighted by atomic mass is 9.52. The van der Waals surface area contributed by atoms with E-state index in [0.29, 0.717) is 18.9 Å². The highest BCUT2D eigenvalue weighted by molar-refractivity contribution is 5.79. The van der Waals surface area contributed by atoms with E-state index in [0.717, 1.165) is 37.7 Å². The van der Waals surface area contributed by atoms with E-state index in [9.17, 15) is 9.59 Å². The van der Waals surface area contributed by atoms with Crippen LogP contribution in [0.4, 0.5) is 0 Å². The molecule has 134 valence electrons. The third kappa shape index (κ3) is 2.96. The van der Waals surface area contributed by atoms with Gasteiger partial charge in [0.2, 0.25) is 0 Å². The first-order chi connectivity index (χ1) is 12.1. The smallest absolute Gasteiger partial charge is 0.312 e. The Morgan fingerprint density at radius 1 is 1.32 bits per heavy atom. The maximum Gasteiger partial charge on any atom is 0.312 e. The average Bonchev–Trinajstić information content (AvgIpc) is 2.59. The number of hydrogen-bond donors (Lipinski definition) is 0. The lowest BCUT2D eigenvalue weighted by molar-refractivity contribution is -0.203. The van der Waals surface area contributed by atoms with Crippen LogP contribution in [0.1, 0.15) is 51.0 Å². The molecule has 1 aliphatic heterocycles. The van der Waals surface area contributed by atoms with Crippen molar-refractivity contribution in [3.8, 4) is 0 Å². The van der Waals surface area contributed by atoms with E-state index in [1.807, 2.05) is 30.3 Å². The number of carbonyl (C=O) groups excluding carboxylic acids is 2. The first kappa shape index (κ1) is 16.6. The van der Waals surface area contributed by atoms with Crippen LogP contribution in [0, 0.1) is 23.2 Å². The van der Waals surface area contributed by atoms with Crippen LogP contribution in [-0.4, -0.2) is 18.0 Å². The zero-order chi connectivity index (χ0) is 17.4. The van der Waals surface area contributed by atoms with Crippen LogP contribution < -0.4 is 0 Å². The molecule has 2 saturated carbocycles. The highest BCUT2D eigenvalue weighted by Gasteiger charge is 2.60. The quantitative estimate of drug-likeness (QED) is 0.782. The molecule has 0 spiro atoms. The SMILES string of the molecule is CC1C[C@@H]2OC(=O)CC3CCCC(C(=O)OCc4ccccc4)(C1)C32. The van der Waals surface area contributed by atoms with Crippen molar-refractivity contribution >= 4 is 11.9 Å². The maximum absolute atomic E-state index is 13.2. The van der Waals surface area contributed by atoms with Crippen molar-refractivity contribution in [2.75, 3.05) is 0 Å². The van der Waals surface area contributed by atoms with E-state index in [-0.39, 0.29) is 29.9 Å². The minimum absolute atomic E-state index is 0.0828. The first-order valence-electron chi connectivity index (χ1n) is 9.49. The Hall–Kier alpha value is -1.84. The van der Waals surface area contributed by atoms with Crippen LogP contribution in [0.25, 0.3) is 0 Å². The number of ether oxygens (including phenoxy) is 2. The summed E-state index contributed by atoms with van der Waals surface area (Å²) in [4.78, 5) is 25.2. The number of rotatable bonds is 3. The number of esters is 2. The van der Waals surface area contributed by atoms with Gasteiger partial charge in [0.05, 0.1) is 5.41 Å². The zero-order valence-corrected chi connectivity index (χ0v) is 14.8. The van der Waals surface area contributed by atoms with Gasteiger partial charge in [-0.25, -0.2) is 0 Å². The minimum Gasteiger partial charge on any atom is -0.462 e. The summed E-state index contributed by atoms with van der Waals surface area (Å²) in [5.41, 5.74) is 0.538. The normalized spacial score (nSPS) is 36.9. The van der Waals surface area contributed by atoms with E-state index >= 15 is 0 Å². The molecule has 4 unspecified atom stereocenters. The second-order valence-corrected chi connectivity index (χ2v) is 8.17. The fourth-order valence-electron chi connectivity index (χ4n) is 5.59. The van der Waals surface area contributed by atoms with Gasteiger partial charge in [-0.2, -0.15) is 0 Å². The predicted molar refractivity (Wildman–Crippen MR) is 92.4 cm³/mol. The summed E-state index contributed by atoms with van der Waals surface area (Å²) in [6.45, 7) is 2.48. The van der Waals surface area contributed by atoms with Crippen molar-refractivity contribution in [3.05, 3.63) is 35.9 Å². The molecule has 0 N–H and O–H groups in total. The van der Waals surface area contributed by atoms with Crippen molar-refractivity contribution in [1.29, 1.82) is 0 Å². The largest absolute Gasteiger partial charge is 0.462 e. The van der Waals surface area contributed by atoms with Crippen LogP contribution in [0.2, 0.25) is 0 Å². The molecule has 4 rings (SSSR count). The molecular weight excluding hydrogens is 316 g/mol.